The number of amides is 1. The highest BCUT2D eigenvalue weighted by atomic mass is 19.1. The van der Waals surface area contributed by atoms with Crippen LogP contribution in [0.25, 0.3) is 5.76 Å². The van der Waals surface area contributed by atoms with Gasteiger partial charge in [0.25, 0.3) is 5.78 Å². The Morgan fingerprint density at radius 3 is 2.52 bits per heavy atom. The Hall–Kier alpha value is -3.94. The number of hydrogen-bond donors (Lipinski definition) is 1. The zero-order valence-electron chi connectivity index (χ0n) is 17.0. The quantitative estimate of drug-likeness (QED) is 0.387. The summed E-state index contributed by atoms with van der Waals surface area (Å²) in [5, 5.41) is 14.9. The minimum absolute atomic E-state index is 0.0501. The summed E-state index contributed by atoms with van der Waals surface area (Å²) in [4.78, 5) is 27.0. The van der Waals surface area contributed by atoms with Crippen molar-refractivity contribution in [2.24, 2.45) is 0 Å². The first-order valence-electron chi connectivity index (χ1n) is 9.47. The second-order valence-electron chi connectivity index (χ2n) is 7.17. The monoisotopic (exact) mass is 422 g/mol. The van der Waals surface area contributed by atoms with Crippen LogP contribution in [0.3, 0.4) is 0 Å². The number of rotatable bonds is 4. The number of nitrogens with zero attached hydrogens (tertiary/aromatic N) is 2. The van der Waals surface area contributed by atoms with Gasteiger partial charge in [0.2, 0.25) is 0 Å². The highest BCUT2D eigenvalue weighted by Crippen LogP contribution is 2.42. The summed E-state index contributed by atoms with van der Waals surface area (Å²) in [5.74, 6) is -1.86. The van der Waals surface area contributed by atoms with Crippen molar-refractivity contribution < 1.29 is 28.3 Å². The Kier molecular flexibility index (Phi) is 5.06. The van der Waals surface area contributed by atoms with Gasteiger partial charge in [-0.25, -0.2) is 4.39 Å². The van der Waals surface area contributed by atoms with Crippen LogP contribution in [0.5, 0.6) is 5.75 Å². The Bertz CT molecular complexity index is 1230. The summed E-state index contributed by atoms with van der Waals surface area (Å²) >= 11 is 0. The second-order valence-corrected chi connectivity index (χ2v) is 7.17. The fraction of sp³-hybridized carbons (Fsp3) is 0.174. The normalized spacial score (nSPS) is 17.9. The lowest BCUT2D eigenvalue weighted by Crippen LogP contribution is -2.30. The minimum atomic E-state index is -1.21. The summed E-state index contributed by atoms with van der Waals surface area (Å²) in [6.45, 7) is 3.41. The molecule has 1 unspecified atom stereocenters. The number of methoxy groups -OCH3 is 1. The van der Waals surface area contributed by atoms with Gasteiger partial charge < -0.3 is 14.4 Å². The lowest BCUT2D eigenvalue weighted by molar-refractivity contribution is -0.132. The van der Waals surface area contributed by atoms with Crippen molar-refractivity contribution in [1.82, 2.24) is 5.16 Å². The van der Waals surface area contributed by atoms with E-state index in [1.807, 2.05) is 0 Å². The maximum absolute atomic E-state index is 14.8. The molecule has 0 aliphatic carbocycles. The molecule has 0 saturated carbocycles. The van der Waals surface area contributed by atoms with Gasteiger partial charge in [-0.2, -0.15) is 0 Å². The average molecular weight is 422 g/mol. The fourth-order valence-electron chi connectivity index (χ4n) is 3.71. The van der Waals surface area contributed by atoms with Crippen molar-refractivity contribution in [2.75, 3.05) is 12.0 Å². The van der Waals surface area contributed by atoms with E-state index in [9.17, 15) is 19.1 Å². The third-order valence-electron chi connectivity index (χ3n) is 5.17. The molecule has 1 N–H and O–H groups in total. The van der Waals surface area contributed by atoms with E-state index in [2.05, 4.69) is 5.16 Å². The maximum Gasteiger partial charge on any atom is 0.301 e. The summed E-state index contributed by atoms with van der Waals surface area (Å²) in [7, 11) is 1.52. The number of anilines is 1. The molecular weight excluding hydrogens is 403 g/mol. The number of ether oxygens (including phenoxy) is 1. The van der Waals surface area contributed by atoms with E-state index in [0.29, 0.717) is 17.1 Å². The highest BCUT2D eigenvalue weighted by Gasteiger charge is 2.48. The third kappa shape index (κ3) is 3.35. The summed E-state index contributed by atoms with van der Waals surface area (Å²) < 4.78 is 25.1. The van der Waals surface area contributed by atoms with Gasteiger partial charge in [-0.1, -0.05) is 23.4 Å². The van der Waals surface area contributed by atoms with Crippen LogP contribution in [0.2, 0.25) is 0 Å². The first-order valence-corrected chi connectivity index (χ1v) is 9.47. The molecule has 158 valence electrons. The molecule has 1 aromatic heterocycles. The third-order valence-corrected chi connectivity index (χ3v) is 5.17. The van der Waals surface area contributed by atoms with Gasteiger partial charge in [0, 0.05) is 17.2 Å². The fourth-order valence-corrected chi connectivity index (χ4v) is 3.71. The molecule has 1 saturated heterocycles. The van der Waals surface area contributed by atoms with Crippen LogP contribution in [0, 0.1) is 19.7 Å². The van der Waals surface area contributed by atoms with Crippen LogP contribution >= 0.6 is 0 Å². The van der Waals surface area contributed by atoms with E-state index in [4.69, 9.17) is 9.26 Å². The van der Waals surface area contributed by atoms with E-state index < -0.39 is 29.3 Å². The van der Waals surface area contributed by atoms with Crippen LogP contribution in [-0.2, 0) is 9.59 Å². The number of halogens is 1. The number of ketones is 1. The number of hydrogen-bond acceptors (Lipinski definition) is 6. The number of aliphatic hydroxyl groups excluding tert-OH is 1. The largest absolute Gasteiger partial charge is 0.507 e. The number of carbonyl (C=O) groups is 2. The number of aromatic nitrogens is 1. The predicted molar refractivity (Wildman–Crippen MR) is 110 cm³/mol. The lowest BCUT2D eigenvalue weighted by Gasteiger charge is -2.23. The molecular formula is C23H19FN2O5. The zero-order valence-corrected chi connectivity index (χ0v) is 17.0. The summed E-state index contributed by atoms with van der Waals surface area (Å²) in [6.07, 6.45) is 0. The first kappa shape index (κ1) is 20.3. The van der Waals surface area contributed by atoms with Gasteiger partial charge >= 0.3 is 5.91 Å². The zero-order chi connectivity index (χ0) is 22.3. The van der Waals surface area contributed by atoms with E-state index in [1.165, 1.54) is 31.4 Å². The van der Waals surface area contributed by atoms with E-state index in [0.717, 1.165) is 10.5 Å². The Balaban J connectivity index is 1.96. The molecule has 1 aliphatic rings. The molecule has 3 aromatic rings. The maximum atomic E-state index is 14.8. The van der Waals surface area contributed by atoms with Crippen molar-refractivity contribution in [3.8, 4) is 5.75 Å². The van der Waals surface area contributed by atoms with Crippen LogP contribution in [0.4, 0.5) is 10.2 Å². The lowest BCUT2D eigenvalue weighted by atomic mass is 9.94. The second kappa shape index (κ2) is 7.71. The molecule has 0 bridgehead atoms. The molecule has 1 aliphatic heterocycles. The Labute approximate surface area is 177 Å². The standard InChI is InChI=1S/C23H19FN2O5/c1-12-10-14(8-9-17(12)30-3)21(27)19-20(15-6-4-5-7-16(15)24)26(23(29)22(19)28)18-11-13(2)31-25-18/h4-11,20,27H,1-3H3/b21-19-. The van der Waals surface area contributed by atoms with Crippen LogP contribution in [-0.4, -0.2) is 29.1 Å². The number of Topliss-reactive ketones (excluding diaryl/α,β-unsaturated/α-hetero) is 1. The van der Waals surface area contributed by atoms with Crippen molar-refractivity contribution in [2.45, 2.75) is 19.9 Å². The highest BCUT2D eigenvalue weighted by molar-refractivity contribution is 6.51. The molecule has 2 aromatic carbocycles. The van der Waals surface area contributed by atoms with Crippen LogP contribution in [0.1, 0.15) is 28.5 Å². The van der Waals surface area contributed by atoms with Crippen LogP contribution < -0.4 is 9.64 Å². The number of aryl methyl sites for hydroxylation is 2. The molecule has 1 fully saturated rings. The number of benzene rings is 2. The average Bonchev–Trinajstić information content (AvgIpc) is 3.28. The van der Waals surface area contributed by atoms with Gasteiger partial charge in [0.05, 0.1) is 18.7 Å². The van der Waals surface area contributed by atoms with Gasteiger partial charge in [0.1, 0.15) is 23.1 Å². The van der Waals surface area contributed by atoms with Gasteiger partial charge in [-0.05, 0) is 43.7 Å². The SMILES string of the molecule is COc1ccc(/C(O)=C2/C(=O)C(=O)N(c3cc(C)on3)C2c2ccccc2F)cc1C. The van der Waals surface area contributed by atoms with Crippen molar-refractivity contribution in [3.63, 3.8) is 0 Å². The molecule has 2 heterocycles. The Morgan fingerprint density at radius 1 is 1.16 bits per heavy atom. The van der Waals surface area contributed by atoms with Crippen LogP contribution in [0.15, 0.2) is 58.6 Å². The minimum Gasteiger partial charge on any atom is -0.507 e. The Morgan fingerprint density at radius 2 is 1.90 bits per heavy atom. The topological polar surface area (TPSA) is 92.9 Å². The molecule has 0 spiro atoms. The molecule has 8 heteroatoms. The van der Waals surface area contributed by atoms with Crippen molar-refractivity contribution >= 4 is 23.3 Å². The molecule has 1 amide bonds. The first-order chi connectivity index (χ1) is 14.8. The smallest absolute Gasteiger partial charge is 0.301 e. The van der Waals surface area contributed by atoms with Crippen molar-refractivity contribution in [1.29, 1.82) is 0 Å². The molecule has 0 radical (unpaired) electrons. The predicted octanol–water partition coefficient (Wildman–Crippen LogP) is 4.07. The van der Waals surface area contributed by atoms with E-state index >= 15 is 0 Å². The molecule has 7 nitrogen and oxygen atoms in total. The van der Waals surface area contributed by atoms with Gasteiger partial charge in [0.15, 0.2) is 5.82 Å². The molecule has 31 heavy (non-hydrogen) atoms. The summed E-state index contributed by atoms with van der Waals surface area (Å²) in [6, 6.07) is 10.8. The number of aliphatic hydroxyl groups is 1. The van der Waals surface area contributed by atoms with E-state index in [1.54, 1.807) is 38.1 Å². The van der Waals surface area contributed by atoms with Gasteiger partial charge in [-0.3, -0.25) is 14.5 Å². The van der Waals surface area contributed by atoms with Crippen molar-refractivity contribution in [3.05, 3.63) is 82.4 Å². The summed E-state index contributed by atoms with van der Waals surface area (Å²) in [5.41, 5.74) is 0.832. The molecule has 4 rings (SSSR count). The van der Waals surface area contributed by atoms with E-state index in [-0.39, 0.29) is 17.0 Å². The number of carbonyl (C=O) groups excluding carboxylic acids is 2. The molecule has 1 atom stereocenters. The van der Waals surface area contributed by atoms with Gasteiger partial charge in [-0.15, -0.1) is 0 Å².